The molecular formula is C11H10FN3. The molecule has 76 valence electrons. The SMILES string of the molecule is C=C(N=CC)c1c[nH]c2ncc(F)cc12. The Morgan fingerprint density at radius 1 is 1.67 bits per heavy atom. The molecule has 2 aromatic rings. The second kappa shape index (κ2) is 3.65. The molecule has 3 nitrogen and oxygen atoms in total. The minimum atomic E-state index is -0.364. The predicted octanol–water partition coefficient (Wildman–Crippen LogP) is 2.76. The molecule has 0 aliphatic heterocycles. The number of halogens is 1. The molecule has 2 heterocycles. The van der Waals surface area contributed by atoms with Gasteiger partial charge in [-0.2, -0.15) is 0 Å². The van der Waals surface area contributed by atoms with E-state index in [2.05, 4.69) is 21.5 Å². The van der Waals surface area contributed by atoms with Gasteiger partial charge in [0.1, 0.15) is 11.5 Å². The Hall–Kier alpha value is -1.97. The molecule has 0 fully saturated rings. The van der Waals surface area contributed by atoms with E-state index in [1.165, 1.54) is 12.3 Å². The molecule has 0 aliphatic rings. The van der Waals surface area contributed by atoms with Gasteiger partial charge in [-0.25, -0.2) is 9.37 Å². The van der Waals surface area contributed by atoms with Gasteiger partial charge in [0.2, 0.25) is 0 Å². The molecule has 1 N–H and O–H groups in total. The molecule has 0 unspecified atom stereocenters. The van der Waals surface area contributed by atoms with E-state index in [0.29, 0.717) is 16.7 Å². The maximum absolute atomic E-state index is 13.0. The number of hydrogen-bond acceptors (Lipinski definition) is 2. The first-order valence-corrected chi connectivity index (χ1v) is 4.53. The summed E-state index contributed by atoms with van der Waals surface area (Å²) < 4.78 is 13.0. The number of aromatic amines is 1. The summed E-state index contributed by atoms with van der Waals surface area (Å²) in [6, 6.07) is 1.42. The molecule has 0 aromatic carbocycles. The summed E-state index contributed by atoms with van der Waals surface area (Å²) in [5, 5.41) is 0.700. The van der Waals surface area contributed by atoms with Crippen LogP contribution in [0.1, 0.15) is 12.5 Å². The molecule has 0 saturated heterocycles. The van der Waals surface area contributed by atoms with E-state index in [1.54, 1.807) is 19.3 Å². The highest BCUT2D eigenvalue weighted by molar-refractivity contribution is 5.90. The van der Waals surface area contributed by atoms with Crippen LogP contribution >= 0.6 is 0 Å². The van der Waals surface area contributed by atoms with E-state index in [4.69, 9.17) is 0 Å². The first-order chi connectivity index (χ1) is 7.22. The van der Waals surface area contributed by atoms with E-state index in [9.17, 15) is 4.39 Å². The Bertz CT molecular complexity index is 540. The minimum absolute atomic E-state index is 0.364. The molecular weight excluding hydrogens is 193 g/mol. The fourth-order valence-corrected chi connectivity index (χ4v) is 1.44. The van der Waals surface area contributed by atoms with Crippen LogP contribution in [-0.4, -0.2) is 16.2 Å². The van der Waals surface area contributed by atoms with Crippen LogP contribution in [-0.2, 0) is 0 Å². The van der Waals surface area contributed by atoms with E-state index in [0.717, 1.165) is 5.56 Å². The third-order valence-corrected chi connectivity index (χ3v) is 2.09. The summed E-state index contributed by atoms with van der Waals surface area (Å²) in [5.74, 6) is -0.364. The molecule has 2 aromatic heterocycles. The number of aliphatic imine (C=N–C) groups is 1. The van der Waals surface area contributed by atoms with Gasteiger partial charge < -0.3 is 4.98 Å². The van der Waals surface area contributed by atoms with Crippen molar-refractivity contribution in [3.8, 4) is 0 Å². The molecule has 0 saturated carbocycles. The lowest BCUT2D eigenvalue weighted by molar-refractivity contribution is 0.624. The van der Waals surface area contributed by atoms with E-state index in [1.807, 2.05) is 0 Å². The highest BCUT2D eigenvalue weighted by atomic mass is 19.1. The number of aromatic nitrogens is 2. The number of nitrogens with one attached hydrogen (secondary N) is 1. The monoisotopic (exact) mass is 203 g/mol. The quantitative estimate of drug-likeness (QED) is 0.749. The fraction of sp³-hybridized carbons (Fsp3) is 0.0909. The van der Waals surface area contributed by atoms with Gasteiger partial charge in [-0.1, -0.05) is 6.58 Å². The number of fused-ring (bicyclic) bond motifs is 1. The zero-order chi connectivity index (χ0) is 10.8. The molecule has 0 atom stereocenters. The molecule has 0 radical (unpaired) electrons. The molecule has 2 rings (SSSR count). The van der Waals surface area contributed by atoms with Crippen molar-refractivity contribution < 1.29 is 4.39 Å². The number of rotatable bonds is 2. The number of hydrogen-bond donors (Lipinski definition) is 1. The van der Waals surface area contributed by atoms with Crippen LogP contribution < -0.4 is 0 Å². The Balaban J connectivity index is 2.61. The van der Waals surface area contributed by atoms with E-state index < -0.39 is 0 Å². The van der Waals surface area contributed by atoms with E-state index in [-0.39, 0.29) is 5.82 Å². The Morgan fingerprint density at radius 3 is 3.20 bits per heavy atom. The van der Waals surface area contributed by atoms with Crippen molar-refractivity contribution in [3.63, 3.8) is 0 Å². The van der Waals surface area contributed by atoms with Gasteiger partial charge in [0.15, 0.2) is 0 Å². The summed E-state index contributed by atoms with van der Waals surface area (Å²) in [4.78, 5) is 10.9. The van der Waals surface area contributed by atoms with Gasteiger partial charge in [0, 0.05) is 23.4 Å². The lowest BCUT2D eigenvalue weighted by Crippen LogP contribution is -1.81. The van der Waals surface area contributed by atoms with Crippen LogP contribution in [0.2, 0.25) is 0 Å². The Morgan fingerprint density at radius 2 is 2.47 bits per heavy atom. The first kappa shape index (κ1) is 9.58. The summed E-state index contributed by atoms with van der Waals surface area (Å²) >= 11 is 0. The molecule has 0 aliphatic carbocycles. The van der Waals surface area contributed by atoms with Gasteiger partial charge in [-0.15, -0.1) is 0 Å². The van der Waals surface area contributed by atoms with Crippen LogP contribution in [0.3, 0.4) is 0 Å². The Kier molecular flexibility index (Phi) is 2.33. The van der Waals surface area contributed by atoms with Crippen LogP contribution in [0.5, 0.6) is 0 Å². The van der Waals surface area contributed by atoms with Gasteiger partial charge in [0.05, 0.1) is 11.9 Å². The lowest BCUT2D eigenvalue weighted by Gasteiger charge is -1.96. The Labute approximate surface area is 86.4 Å². The van der Waals surface area contributed by atoms with Crippen LogP contribution in [0.25, 0.3) is 16.7 Å². The van der Waals surface area contributed by atoms with Crippen molar-refractivity contribution in [1.29, 1.82) is 0 Å². The van der Waals surface area contributed by atoms with Crippen molar-refractivity contribution in [1.82, 2.24) is 9.97 Å². The fourth-order valence-electron chi connectivity index (χ4n) is 1.44. The molecule has 4 heteroatoms. The maximum atomic E-state index is 13.0. The average Bonchev–Trinajstić information content (AvgIpc) is 2.60. The van der Waals surface area contributed by atoms with E-state index >= 15 is 0 Å². The lowest BCUT2D eigenvalue weighted by atomic mass is 10.2. The largest absolute Gasteiger partial charge is 0.345 e. The second-order valence-electron chi connectivity index (χ2n) is 3.09. The van der Waals surface area contributed by atoms with Crippen molar-refractivity contribution in [3.05, 3.63) is 36.4 Å². The summed E-state index contributed by atoms with van der Waals surface area (Å²) in [6.07, 6.45) is 4.55. The smallest absolute Gasteiger partial charge is 0.142 e. The maximum Gasteiger partial charge on any atom is 0.142 e. The molecule has 0 spiro atoms. The topological polar surface area (TPSA) is 41.0 Å². The highest BCUT2D eigenvalue weighted by Crippen LogP contribution is 2.23. The minimum Gasteiger partial charge on any atom is -0.345 e. The van der Waals surface area contributed by atoms with Gasteiger partial charge >= 0.3 is 0 Å². The third kappa shape index (κ3) is 1.66. The number of nitrogens with zero attached hydrogens (tertiary/aromatic N) is 2. The highest BCUT2D eigenvalue weighted by Gasteiger charge is 2.07. The summed E-state index contributed by atoms with van der Waals surface area (Å²) in [6.45, 7) is 5.60. The third-order valence-electron chi connectivity index (χ3n) is 2.09. The standard InChI is InChI=1S/C11H10FN3/c1-3-13-7(2)10-6-15-11-9(10)4-8(12)5-14-11/h3-6H,2H2,1H3,(H,14,15). The van der Waals surface area contributed by atoms with Crippen molar-refractivity contribution in [2.24, 2.45) is 4.99 Å². The van der Waals surface area contributed by atoms with Gasteiger partial charge in [0.25, 0.3) is 0 Å². The number of H-pyrrole nitrogens is 1. The summed E-state index contributed by atoms with van der Waals surface area (Å²) in [7, 11) is 0. The van der Waals surface area contributed by atoms with Crippen LogP contribution in [0, 0.1) is 5.82 Å². The predicted molar refractivity (Wildman–Crippen MR) is 59.3 cm³/mol. The van der Waals surface area contributed by atoms with Gasteiger partial charge in [-0.3, -0.25) is 4.99 Å². The average molecular weight is 203 g/mol. The molecule has 15 heavy (non-hydrogen) atoms. The normalized spacial score (nSPS) is 11.3. The molecule has 0 amide bonds. The van der Waals surface area contributed by atoms with Crippen LogP contribution in [0.15, 0.2) is 30.0 Å². The number of pyridine rings is 1. The zero-order valence-electron chi connectivity index (χ0n) is 8.29. The van der Waals surface area contributed by atoms with Crippen LogP contribution in [0.4, 0.5) is 4.39 Å². The zero-order valence-corrected chi connectivity index (χ0v) is 8.29. The van der Waals surface area contributed by atoms with Gasteiger partial charge in [-0.05, 0) is 13.0 Å². The first-order valence-electron chi connectivity index (χ1n) is 4.53. The summed E-state index contributed by atoms with van der Waals surface area (Å²) in [5.41, 5.74) is 2.00. The van der Waals surface area contributed by atoms with Crippen molar-refractivity contribution >= 4 is 22.9 Å². The second-order valence-corrected chi connectivity index (χ2v) is 3.09. The molecule has 0 bridgehead atoms. The van der Waals surface area contributed by atoms with Crippen molar-refractivity contribution in [2.45, 2.75) is 6.92 Å². The van der Waals surface area contributed by atoms with Crippen molar-refractivity contribution in [2.75, 3.05) is 0 Å².